The summed E-state index contributed by atoms with van der Waals surface area (Å²) < 4.78 is 10.7. The minimum atomic E-state index is -0.312. The monoisotopic (exact) mass is 471 g/mol. The molecule has 174 valence electrons. The lowest BCUT2D eigenvalue weighted by molar-refractivity contribution is 0.0956. The second kappa shape index (κ2) is 9.35. The second-order valence-electron chi connectivity index (χ2n) is 8.33. The predicted octanol–water partition coefficient (Wildman–Crippen LogP) is 6.06. The average Bonchev–Trinajstić information content (AvgIpc) is 3.41. The summed E-state index contributed by atoms with van der Waals surface area (Å²) in [6.07, 6.45) is 1.58. The Kier molecular flexibility index (Phi) is 5.60. The molecule has 0 saturated heterocycles. The van der Waals surface area contributed by atoms with Gasteiger partial charge in [0.25, 0.3) is 5.91 Å². The van der Waals surface area contributed by atoms with Crippen LogP contribution in [-0.4, -0.2) is 23.9 Å². The second-order valence-corrected chi connectivity index (χ2v) is 8.33. The molecule has 2 heterocycles. The molecule has 0 unspecified atom stereocenters. The minimum Gasteiger partial charge on any atom is -0.454 e. The van der Waals surface area contributed by atoms with Crippen LogP contribution in [0.2, 0.25) is 0 Å². The number of ether oxygens (including phenoxy) is 2. The van der Waals surface area contributed by atoms with Crippen molar-refractivity contribution in [2.75, 3.05) is 6.79 Å². The number of carbonyl (C=O) groups is 1. The number of nitrogens with one attached hydrogen (secondary N) is 1. The van der Waals surface area contributed by atoms with Gasteiger partial charge < -0.3 is 9.47 Å². The normalized spacial score (nSPS) is 12.2. The summed E-state index contributed by atoms with van der Waals surface area (Å²) in [6.45, 7) is 0.207. The van der Waals surface area contributed by atoms with E-state index in [4.69, 9.17) is 14.5 Å². The van der Waals surface area contributed by atoms with Gasteiger partial charge in [-0.15, -0.1) is 0 Å². The number of hydrazone groups is 1. The third-order valence-electron chi connectivity index (χ3n) is 6.02. The highest BCUT2D eigenvalue weighted by molar-refractivity contribution is 6.07. The number of nitrogens with zero attached hydrogens (tertiary/aromatic N) is 2. The molecule has 0 spiro atoms. The summed E-state index contributed by atoms with van der Waals surface area (Å²) in [5.74, 6) is 1.05. The molecule has 36 heavy (non-hydrogen) atoms. The Morgan fingerprint density at radius 2 is 1.50 bits per heavy atom. The summed E-state index contributed by atoms with van der Waals surface area (Å²) in [7, 11) is 0. The van der Waals surface area contributed by atoms with Gasteiger partial charge in [0.2, 0.25) is 6.79 Å². The molecular formula is C30H21N3O3. The van der Waals surface area contributed by atoms with Crippen molar-refractivity contribution in [3.8, 4) is 33.9 Å². The first-order valence-electron chi connectivity index (χ1n) is 11.5. The molecule has 4 aromatic carbocycles. The third kappa shape index (κ3) is 4.28. The van der Waals surface area contributed by atoms with Crippen LogP contribution in [0.1, 0.15) is 15.9 Å². The van der Waals surface area contributed by atoms with E-state index in [1.165, 1.54) is 0 Å². The highest BCUT2D eigenvalue weighted by Crippen LogP contribution is 2.32. The van der Waals surface area contributed by atoms with Gasteiger partial charge in [-0.1, -0.05) is 72.8 Å². The van der Waals surface area contributed by atoms with Crippen molar-refractivity contribution in [1.29, 1.82) is 0 Å². The first-order chi connectivity index (χ1) is 17.7. The molecule has 0 radical (unpaired) electrons. The fraction of sp³-hybridized carbons (Fsp3) is 0.0333. The molecule has 1 aliphatic rings. The number of rotatable bonds is 5. The number of benzene rings is 4. The zero-order valence-corrected chi connectivity index (χ0v) is 19.2. The average molecular weight is 472 g/mol. The van der Waals surface area contributed by atoms with Crippen molar-refractivity contribution in [1.82, 2.24) is 10.4 Å². The fourth-order valence-electron chi connectivity index (χ4n) is 4.19. The van der Waals surface area contributed by atoms with Crippen LogP contribution in [0.25, 0.3) is 33.3 Å². The van der Waals surface area contributed by atoms with Gasteiger partial charge in [0.1, 0.15) is 0 Å². The van der Waals surface area contributed by atoms with Gasteiger partial charge in [-0.3, -0.25) is 4.79 Å². The van der Waals surface area contributed by atoms with E-state index >= 15 is 0 Å². The van der Waals surface area contributed by atoms with Crippen LogP contribution in [0.4, 0.5) is 0 Å². The van der Waals surface area contributed by atoms with Gasteiger partial charge in [0.05, 0.1) is 23.0 Å². The highest BCUT2D eigenvalue weighted by atomic mass is 16.7. The molecule has 6 rings (SSSR count). The first kappa shape index (κ1) is 21.6. The molecule has 1 aliphatic heterocycles. The summed E-state index contributed by atoms with van der Waals surface area (Å²) >= 11 is 0. The molecule has 0 fully saturated rings. The molecule has 5 aromatic rings. The zero-order chi connectivity index (χ0) is 24.3. The van der Waals surface area contributed by atoms with Crippen LogP contribution in [-0.2, 0) is 0 Å². The van der Waals surface area contributed by atoms with E-state index in [0.717, 1.165) is 38.9 Å². The van der Waals surface area contributed by atoms with Gasteiger partial charge in [0.15, 0.2) is 11.5 Å². The Morgan fingerprint density at radius 1 is 0.778 bits per heavy atom. The van der Waals surface area contributed by atoms with E-state index in [9.17, 15) is 4.79 Å². The molecule has 0 atom stereocenters. The Morgan fingerprint density at radius 3 is 2.36 bits per heavy atom. The van der Waals surface area contributed by atoms with Crippen LogP contribution in [0.3, 0.4) is 0 Å². The number of para-hydroxylation sites is 1. The van der Waals surface area contributed by atoms with Crippen LogP contribution >= 0.6 is 0 Å². The van der Waals surface area contributed by atoms with Crippen molar-refractivity contribution < 1.29 is 14.3 Å². The smallest absolute Gasteiger partial charge is 0.272 e. The number of hydrogen-bond donors (Lipinski definition) is 1. The summed E-state index contributed by atoms with van der Waals surface area (Å²) in [5, 5.41) is 4.92. The van der Waals surface area contributed by atoms with Gasteiger partial charge in [-0.05, 0) is 47.0 Å². The number of pyridine rings is 1. The summed E-state index contributed by atoms with van der Waals surface area (Å²) in [4.78, 5) is 18.0. The van der Waals surface area contributed by atoms with Crippen LogP contribution in [0, 0.1) is 0 Å². The molecule has 1 N–H and O–H groups in total. The summed E-state index contributed by atoms with van der Waals surface area (Å²) in [5.41, 5.74) is 8.61. The van der Waals surface area contributed by atoms with E-state index < -0.39 is 0 Å². The Hall–Kier alpha value is -4.97. The molecular weight excluding hydrogens is 450 g/mol. The van der Waals surface area contributed by atoms with E-state index in [1.54, 1.807) is 6.21 Å². The Balaban J connectivity index is 1.28. The lowest BCUT2D eigenvalue weighted by Gasteiger charge is -2.10. The molecule has 6 heteroatoms. The van der Waals surface area contributed by atoms with Gasteiger partial charge >= 0.3 is 0 Å². The van der Waals surface area contributed by atoms with Crippen molar-refractivity contribution in [3.63, 3.8) is 0 Å². The molecule has 0 saturated carbocycles. The molecule has 1 amide bonds. The standard InChI is InChI=1S/C30H21N3O3/c34-30(33-31-18-20-10-15-28-29(16-20)36-19-35-28)25-17-27(32-26-9-5-4-8-24(25)26)23-13-11-22(12-14-23)21-6-2-1-3-7-21/h1-18H,19H2,(H,33,34)/b31-18-. The van der Waals surface area contributed by atoms with E-state index in [1.807, 2.05) is 78.9 Å². The summed E-state index contributed by atoms with van der Waals surface area (Å²) in [6, 6.07) is 33.3. The molecule has 6 nitrogen and oxygen atoms in total. The topological polar surface area (TPSA) is 72.8 Å². The quantitative estimate of drug-likeness (QED) is 0.250. The number of carbonyl (C=O) groups excluding carboxylic acids is 1. The van der Waals surface area contributed by atoms with Crippen molar-refractivity contribution in [2.24, 2.45) is 5.10 Å². The Bertz CT molecular complexity index is 1600. The number of amides is 1. The van der Waals surface area contributed by atoms with Crippen LogP contribution in [0.5, 0.6) is 11.5 Å². The maximum absolute atomic E-state index is 13.2. The number of aromatic nitrogens is 1. The molecule has 0 aliphatic carbocycles. The lowest BCUT2D eigenvalue weighted by Crippen LogP contribution is -2.18. The van der Waals surface area contributed by atoms with Crippen LogP contribution < -0.4 is 14.9 Å². The maximum atomic E-state index is 13.2. The van der Waals surface area contributed by atoms with Crippen molar-refractivity contribution in [2.45, 2.75) is 0 Å². The first-order valence-corrected chi connectivity index (χ1v) is 11.5. The van der Waals surface area contributed by atoms with E-state index in [-0.39, 0.29) is 12.7 Å². The molecule has 0 bridgehead atoms. The maximum Gasteiger partial charge on any atom is 0.272 e. The van der Waals surface area contributed by atoms with Crippen molar-refractivity contribution >= 4 is 23.0 Å². The fourth-order valence-corrected chi connectivity index (χ4v) is 4.19. The van der Waals surface area contributed by atoms with Crippen LogP contribution in [0.15, 0.2) is 108 Å². The number of fused-ring (bicyclic) bond motifs is 2. The van der Waals surface area contributed by atoms with E-state index in [2.05, 4.69) is 34.8 Å². The third-order valence-corrected chi connectivity index (χ3v) is 6.02. The SMILES string of the molecule is O=C(N/N=C\c1ccc2c(c1)OCO2)c1cc(-c2ccc(-c3ccccc3)cc2)nc2ccccc12. The zero-order valence-electron chi connectivity index (χ0n) is 19.2. The number of hydrogen-bond acceptors (Lipinski definition) is 5. The van der Waals surface area contributed by atoms with Gasteiger partial charge in [-0.25, -0.2) is 10.4 Å². The van der Waals surface area contributed by atoms with Gasteiger partial charge in [-0.2, -0.15) is 5.10 Å². The lowest BCUT2D eigenvalue weighted by atomic mass is 10.0. The molecule has 1 aromatic heterocycles. The highest BCUT2D eigenvalue weighted by Gasteiger charge is 2.15. The minimum absolute atomic E-state index is 0.207. The van der Waals surface area contributed by atoms with Crippen molar-refractivity contribution in [3.05, 3.63) is 114 Å². The largest absolute Gasteiger partial charge is 0.454 e. The van der Waals surface area contributed by atoms with E-state index in [0.29, 0.717) is 17.1 Å². The predicted molar refractivity (Wildman–Crippen MR) is 140 cm³/mol. The van der Waals surface area contributed by atoms with Gasteiger partial charge in [0, 0.05) is 10.9 Å². The Labute approximate surface area is 207 Å².